The fraction of sp³-hybridized carbons (Fsp3) is 0.538. The van der Waals surface area contributed by atoms with E-state index in [1.807, 2.05) is 0 Å². The van der Waals surface area contributed by atoms with E-state index in [0.717, 1.165) is 32.3 Å². The van der Waals surface area contributed by atoms with E-state index in [0.29, 0.717) is 23.2 Å². The van der Waals surface area contributed by atoms with Gasteiger partial charge in [-0.1, -0.05) is 11.6 Å². The highest BCUT2D eigenvalue weighted by atomic mass is 35.5. The summed E-state index contributed by atoms with van der Waals surface area (Å²) in [6.45, 7) is 0.866. The summed E-state index contributed by atoms with van der Waals surface area (Å²) < 4.78 is 5.51. The number of nitrogens with zero attached hydrogens (tertiary/aromatic N) is 1. The average Bonchev–Trinajstić information content (AvgIpc) is 2.82. The van der Waals surface area contributed by atoms with Crippen LogP contribution in [-0.4, -0.2) is 23.5 Å². The summed E-state index contributed by atoms with van der Waals surface area (Å²) in [6, 6.07) is 3.42. The van der Waals surface area contributed by atoms with E-state index in [2.05, 4.69) is 4.98 Å². The molecule has 2 heterocycles. The lowest BCUT2D eigenvalue weighted by molar-refractivity contribution is 0.0919. The zero-order chi connectivity index (χ0) is 12.1. The van der Waals surface area contributed by atoms with Gasteiger partial charge in [0.25, 0.3) is 0 Å². The number of hydrogen-bond donors (Lipinski definition) is 0. The smallest absolute Gasteiger partial charge is 0.182 e. The molecule has 1 atom stereocenters. The molecule has 17 heavy (non-hydrogen) atoms. The van der Waals surface area contributed by atoms with Crippen molar-refractivity contribution in [1.29, 1.82) is 0 Å². The van der Waals surface area contributed by atoms with Crippen LogP contribution in [0.2, 0.25) is 5.02 Å². The minimum Gasteiger partial charge on any atom is -0.378 e. The lowest BCUT2D eigenvalue weighted by Gasteiger charge is -2.08. The predicted octanol–water partition coefficient (Wildman–Crippen LogP) is 3.27. The Morgan fingerprint density at radius 3 is 3.18 bits per heavy atom. The summed E-state index contributed by atoms with van der Waals surface area (Å²) >= 11 is 5.92. The number of aromatic nitrogens is 1. The molecule has 0 aromatic carbocycles. The summed E-state index contributed by atoms with van der Waals surface area (Å²) in [4.78, 5) is 15.9. The fourth-order valence-electron chi connectivity index (χ4n) is 2.07. The molecule has 0 amide bonds. The number of ketones is 1. The number of carbonyl (C=O) groups excluding carboxylic acids is 1. The Kier molecular flexibility index (Phi) is 4.51. The molecule has 0 radical (unpaired) electrons. The Bertz CT molecular complexity index is 389. The number of carbonyl (C=O) groups is 1. The van der Waals surface area contributed by atoms with Crippen molar-refractivity contribution in [3.05, 3.63) is 29.0 Å². The van der Waals surface area contributed by atoms with E-state index in [-0.39, 0.29) is 5.78 Å². The highest BCUT2D eigenvalue weighted by Crippen LogP contribution is 2.19. The molecule has 1 aromatic heterocycles. The largest absolute Gasteiger partial charge is 0.378 e. The first-order valence-electron chi connectivity index (χ1n) is 6.02. The van der Waals surface area contributed by atoms with Crippen LogP contribution in [0.4, 0.5) is 0 Å². The van der Waals surface area contributed by atoms with Gasteiger partial charge in [-0.25, -0.2) is 0 Å². The van der Waals surface area contributed by atoms with Gasteiger partial charge in [0.15, 0.2) is 5.78 Å². The average molecular weight is 254 g/mol. The zero-order valence-corrected chi connectivity index (χ0v) is 10.4. The number of Topliss-reactive ketones (excluding diaryl/α,β-unsaturated/α-hetero) is 1. The molecule has 1 aromatic rings. The quantitative estimate of drug-likeness (QED) is 0.756. The SMILES string of the molecule is O=C(CCCC1CCCO1)c1ncccc1Cl. The number of ether oxygens (including phenoxy) is 1. The van der Waals surface area contributed by atoms with Crippen LogP contribution in [0.25, 0.3) is 0 Å². The molecule has 1 unspecified atom stereocenters. The van der Waals surface area contributed by atoms with Crippen LogP contribution in [0.3, 0.4) is 0 Å². The number of halogens is 1. The van der Waals surface area contributed by atoms with Gasteiger partial charge in [0.1, 0.15) is 5.69 Å². The third-order valence-corrected chi connectivity index (χ3v) is 3.28. The summed E-state index contributed by atoms with van der Waals surface area (Å²) in [7, 11) is 0. The molecule has 4 heteroatoms. The molecule has 0 N–H and O–H groups in total. The molecule has 3 nitrogen and oxygen atoms in total. The Labute approximate surface area is 106 Å². The van der Waals surface area contributed by atoms with E-state index in [1.165, 1.54) is 0 Å². The molecule has 1 aliphatic heterocycles. The normalized spacial score (nSPS) is 19.5. The first kappa shape index (κ1) is 12.5. The maximum absolute atomic E-state index is 11.9. The summed E-state index contributed by atoms with van der Waals surface area (Å²) in [5, 5.41) is 0.439. The highest BCUT2D eigenvalue weighted by molar-refractivity contribution is 6.33. The molecular weight excluding hydrogens is 238 g/mol. The Hall–Kier alpha value is -0.930. The van der Waals surface area contributed by atoms with Gasteiger partial charge in [-0.2, -0.15) is 0 Å². The molecule has 1 fully saturated rings. The second kappa shape index (κ2) is 6.12. The summed E-state index contributed by atoms with van der Waals surface area (Å²) in [5.41, 5.74) is 0.390. The molecule has 1 saturated heterocycles. The lowest BCUT2D eigenvalue weighted by atomic mass is 10.1. The molecule has 92 valence electrons. The van der Waals surface area contributed by atoms with Gasteiger partial charge in [-0.15, -0.1) is 0 Å². The van der Waals surface area contributed by atoms with Crippen molar-refractivity contribution in [3.63, 3.8) is 0 Å². The zero-order valence-electron chi connectivity index (χ0n) is 9.69. The maximum Gasteiger partial charge on any atom is 0.182 e. The summed E-state index contributed by atoms with van der Waals surface area (Å²) in [6.07, 6.45) is 6.51. The van der Waals surface area contributed by atoms with Crippen LogP contribution >= 0.6 is 11.6 Å². The minimum absolute atomic E-state index is 0.0218. The van der Waals surface area contributed by atoms with Gasteiger partial charge in [0, 0.05) is 19.2 Å². The molecular formula is C13H16ClNO2. The van der Waals surface area contributed by atoms with Crippen molar-refractivity contribution in [3.8, 4) is 0 Å². The van der Waals surface area contributed by atoms with Crippen LogP contribution in [-0.2, 0) is 4.74 Å². The Morgan fingerprint density at radius 1 is 1.59 bits per heavy atom. The third-order valence-electron chi connectivity index (χ3n) is 2.98. The van der Waals surface area contributed by atoms with Crippen molar-refractivity contribution in [2.75, 3.05) is 6.61 Å². The topological polar surface area (TPSA) is 39.2 Å². The molecule has 0 spiro atoms. The van der Waals surface area contributed by atoms with E-state index in [4.69, 9.17) is 16.3 Å². The van der Waals surface area contributed by atoms with E-state index in [1.54, 1.807) is 18.3 Å². The van der Waals surface area contributed by atoms with E-state index in [9.17, 15) is 4.79 Å². The fourth-order valence-corrected chi connectivity index (χ4v) is 2.30. The van der Waals surface area contributed by atoms with Crippen LogP contribution in [0.5, 0.6) is 0 Å². The van der Waals surface area contributed by atoms with Crippen LogP contribution < -0.4 is 0 Å². The van der Waals surface area contributed by atoms with Gasteiger partial charge in [-0.3, -0.25) is 9.78 Å². The van der Waals surface area contributed by atoms with Crippen LogP contribution in [0.15, 0.2) is 18.3 Å². The maximum atomic E-state index is 11.9. The second-order valence-corrected chi connectivity index (χ2v) is 4.69. The number of rotatable bonds is 5. The van der Waals surface area contributed by atoms with Gasteiger partial charge in [0.05, 0.1) is 11.1 Å². The second-order valence-electron chi connectivity index (χ2n) is 4.28. The number of pyridine rings is 1. The van der Waals surface area contributed by atoms with Gasteiger partial charge < -0.3 is 4.74 Å². The molecule has 2 rings (SSSR count). The Morgan fingerprint density at radius 2 is 2.47 bits per heavy atom. The van der Waals surface area contributed by atoms with Gasteiger partial charge in [0.2, 0.25) is 0 Å². The van der Waals surface area contributed by atoms with Crippen molar-refractivity contribution >= 4 is 17.4 Å². The molecule has 0 bridgehead atoms. The molecule has 1 aliphatic rings. The highest BCUT2D eigenvalue weighted by Gasteiger charge is 2.16. The molecule has 0 aliphatic carbocycles. The van der Waals surface area contributed by atoms with Crippen molar-refractivity contribution in [2.45, 2.75) is 38.2 Å². The lowest BCUT2D eigenvalue weighted by Crippen LogP contribution is -2.07. The molecule has 0 saturated carbocycles. The standard InChI is InChI=1S/C13H16ClNO2/c14-11-6-2-8-15-13(11)12(16)7-1-4-10-5-3-9-17-10/h2,6,8,10H,1,3-5,7,9H2. The van der Waals surface area contributed by atoms with E-state index < -0.39 is 0 Å². The van der Waals surface area contributed by atoms with Crippen LogP contribution in [0, 0.1) is 0 Å². The van der Waals surface area contributed by atoms with E-state index >= 15 is 0 Å². The monoisotopic (exact) mass is 253 g/mol. The van der Waals surface area contributed by atoms with Gasteiger partial charge >= 0.3 is 0 Å². The van der Waals surface area contributed by atoms with Crippen molar-refractivity contribution in [2.24, 2.45) is 0 Å². The van der Waals surface area contributed by atoms with Crippen molar-refractivity contribution < 1.29 is 9.53 Å². The summed E-state index contributed by atoms with van der Waals surface area (Å²) in [5.74, 6) is 0.0218. The van der Waals surface area contributed by atoms with Crippen LogP contribution in [0.1, 0.15) is 42.6 Å². The Balaban J connectivity index is 1.79. The predicted molar refractivity (Wildman–Crippen MR) is 66.4 cm³/mol. The third kappa shape index (κ3) is 3.51. The minimum atomic E-state index is 0.0218. The van der Waals surface area contributed by atoms with Gasteiger partial charge in [-0.05, 0) is 37.8 Å². The first-order chi connectivity index (χ1) is 8.27. The first-order valence-corrected chi connectivity index (χ1v) is 6.40. The number of hydrogen-bond acceptors (Lipinski definition) is 3. The van der Waals surface area contributed by atoms with Crippen molar-refractivity contribution in [1.82, 2.24) is 4.98 Å².